The molecule has 0 aliphatic carbocycles. The molecule has 1 amide bonds. The number of amides is 1. The fraction of sp³-hybridized carbons (Fsp3) is 0.158. The minimum atomic E-state index is 0.0723. The van der Waals surface area contributed by atoms with Crippen molar-refractivity contribution < 1.29 is 9.21 Å². The Hall–Kier alpha value is -2.88. The molecule has 0 radical (unpaired) electrons. The van der Waals surface area contributed by atoms with E-state index in [4.69, 9.17) is 4.42 Å². The van der Waals surface area contributed by atoms with Crippen molar-refractivity contribution in [2.24, 2.45) is 0 Å². The highest BCUT2D eigenvalue weighted by Crippen LogP contribution is 2.18. The van der Waals surface area contributed by atoms with E-state index < -0.39 is 0 Å². The SMILES string of the molecule is O=C(CCc1cocn1)N(Cc1ccccc1)c1ccccc1. The van der Waals surface area contributed by atoms with Crippen molar-refractivity contribution in [2.45, 2.75) is 19.4 Å². The summed E-state index contributed by atoms with van der Waals surface area (Å²) in [5, 5.41) is 0. The minimum Gasteiger partial charge on any atom is -0.451 e. The number of para-hydroxylation sites is 1. The molecular formula is C19H18N2O2. The Kier molecular flexibility index (Phi) is 4.84. The molecule has 116 valence electrons. The van der Waals surface area contributed by atoms with Crippen LogP contribution in [0.4, 0.5) is 5.69 Å². The normalized spacial score (nSPS) is 10.4. The van der Waals surface area contributed by atoms with E-state index in [2.05, 4.69) is 4.98 Å². The standard InChI is InChI=1S/C19H18N2O2/c22-19(12-11-17-14-23-15-20-17)21(18-9-5-2-6-10-18)13-16-7-3-1-4-8-16/h1-10,14-15H,11-13H2. The maximum atomic E-state index is 12.7. The summed E-state index contributed by atoms with van der Waals surface area (Å²) in [6.45, 7) is 0.558. The Labute approximate surface area is 135 Å². The first-order chi connectivity index (χ1) is 11.3. The Morgan fingerprint density at radius 1 is 1.00 bits per heavy atom. The molecule has 0 spiro atoms. The van der Waals surface area contributed by atoms with E-state index in [0.29, 0.717) is 19.4 Å². The van der Waals surface area contributed by atoms with E-state index in [1.54, 1.807) is 6.26 Å². The molecule has 0 saturated carbocycles. The molecule has 4 heteroatoms. The number of aromatic nitrogens is 1. The molecular weight excluding hydrogens is 288 g/mol. The van der Waals surface area contributed by atoms with Crippen molar-refractivity contribution in [1.29, 1.82) is 0 Å². The Morgan fingerprint density at radius 2 is 1.70 bits per heavy atom. The third-order valence-corrected chi connectivity index (χ3v) is 3.63. The molecule has 0 saturated heterocycles. The van der Waals surface area contributed by atoms with Gasteiger partial charge in [0.2, 0.25) is 5.91 Å². The fourth-order valence-electron chi connectivity index (χ4n) is 2.43. The Morgan fingerprint density at radius 3 is 2.35 bits per heavy atom. The Balaban J connectivity index is 1.75. The molecule has 4 nitrogen and oxygen atoms in total. The van der Waals surface area contributed by atoms with Crippen molar-refractivity contribution >= 4 is 11.6 Å². The van der Waals surface area contributed by atoms with E-state index >= 15 is 0 Å². The third-order valence-electron chi connectivity index (χ3n) is 3.63. The highest BCUT2D eigenvalue weighted by atomic mass is 16.3. The van der Waals surface area contributed by atoms with E-state index in [0.717, 1.165) is 16.9 Å². The van der Waals surface area contributed by atoms with Crippen LogP contribution in [0, 0.1) is 0 Å². The first kappa shape index (κ1) is 15.0. The zero-order chi connectivity index (χ0) is 15.9. The van der Waals surface area contributed by atoms with Gasteiger partial charge in [-0.15, -0.1) is 0 Å². The average molecular weight is 306 g/mol. The molecule has 0 aliphatic rings. The predicted molar refractivity (Wildman–Crippen MR) is 88.9 cm³/mol. The van der Waals surface area contributed by atoms with Crippen LogP contribution in [0.5, 0.6) is 0 Å². The van der Waals surface area contributed by atoms with Crippen molar-refractivity contribution in [3.8, 4) is 0 Å². The second-order valence-electron chi connectivity index (χ2n) is 5.28. The van der Waals surface area contributed by atoms with Gasteiger partial charge in [-0.1, -0.05) is 48.5 Å². The van der Waals surface area contributed by atoms with Crippen LogP contribution in [-0.4, -0.2) is 10.9 Å². The molecule has 0 N–H and O–H groups in total. The summed E-state index contributed by atoms with van der Waals surface area (Å²) in [5.74, 6) is 0.0723. The van der Waals surface area contributed by atoms with Crippen LogP contribution in [0.3, 0.4) is 0 Å². The van der Waals surface area contributed by atoms with Crippen molar-refractivity contribution in [3.63, 3.8) is 0 Å². The monoisotopic (exact) mass is 306 g/mol. The summed E-state index contributed by atoms with van der Waals surface area (Å²) in [5.41, 5.74) is 2.80. The molecule has 2 aromatic carbocycles. The molecule has 0 fully saturated rings. The Bertz CT molecular complexity index is 725. The van der Waals surface area contributed by atoms with Gasteiger partial charge in [-0.05, 0) is 17.7 Å². The van der Waals surface area contributed by atoms with Gasteiger partial charge in [0.05, 0.1) is 12.2 Å². The van der Waals surface area contributed by atoms with Crippen LogP contribution in [0.2, 0.25) is 0 Å². The highest BCUT2D eigenvalue weighted by molar-refractivity contribution is 5.93. The summed E-state index contributed by atoms with van der Waals surface area (Å²) < 4.78 is 4.95. The van der Waals surface area contributed by atoms with E-state index in [-0.39, 0.29) is 5.91 Å². The lowest BCUT2D eigenvalue weighted by Crippen LogP contribution is -2.30. The highest BCUT2D eigenvalue weighted by Gasteiger charge is 2.16. The van der Waals surface area contributed by atoms with Crippen molar-refractivity contribution in [1.82, 2.24) is 4.98 Å². The zero-order valence-corrected chi connectivity index (χ0v) is 12.8. The quantitative estimate of drug-likeness (QED) is 0.695. The number of anilines is 1. The van der Waals surface area contributed by atoms with Gasteiger partial charge in [-0.3, -0.25) is 4.79 Å². The van der Waals surface area contributed by atoms with Crippen molar-refractivity contribution in [3.05, 3.63) is 84.6 Å². The molecule has 0 aliphatic heterocycles. The number of benzene rings is 2. The van der Waals surface area contributed by atoms with Crippen LogP contribution in [0.15, 0.2) is 77.7 Å². The average Bonchev–Trinajstić information content (AvgIpc) is 3.13. The molecule has 0 bridgehead atoms. The van der Waals surface area contributed by atoms with E-state index in [1.165, 1.54) is 6.39 Å². The molecule has 0 atom stereocenters. The lowest BCUT2D eigenvalue weighted by molar-refractivity contribution is -0.118. The van der Waals surface area contributed by atoms with Gasteiger partial charge >= 0.3 is 0 Å². The topological polar surface area (TPSA) is 46.3 Å². The number of rotatable bonds is 6. The summed E-state index contributed by atoms with van der Waals surface area (Å²) in [6, 6.07) is 19.7. The first-order valence-electron chi connectivity index (χ1n) is 7.59. The van der Waals surface area contributed by atoms with Gasteiger partial charge in [0.25, 0.3) is 0 Å². The molecule has 1 heterocycles. The summed E-state index contributed by atoms with van der Waals surface area (Å²) in [7, 11) is 0. The number of carbonyl (C=O) groups is 1. The minimum absolute atomic E-state index is 0.0723. The van der Waals surface area contributed by atoms with Crippen molar-refractivity contribution in [2.75, 3.05) is 4.90 Å². The maximum Gasteiger partial charge on any atom is 0.227 e. The van der Waals surface area contributed by atoms with E-state index in [9.17, 15) is 4.79 Å². The maximum absolute atomic E-state index is 12.7. The van der Waals surface area contributed by atoms with Gasteiger partial charge in [0, 0.05) is 18.5 Å². The smallest absolute Gasteiger partial charge is 0.227 e. The molecule has 3 aromatic rings. The van der Waals surface area contributed by atoms with Crippen LogP contribution < -0.4 is 4.90 Å². The van der Waals surface area contributed by atoms with Crippen LogP contribution in [0.25, 0.3) is 0 Å². The molecule has 1 aromatic heterocycles. The largest absolute Gasteiger partial charge is 0.451 e. The lowest BCUT2D eigenvalue weighted by atomic mass is 10.1. The number of carbonyl (C=O) groups excluding carboxylic acids is 1. The zero-order valence-electron chi connectivity index (χ0n) is 12.8. The van der Waals surface area contributed by atoms with Gasteiger partial charge in [-0.25, -0.2) is 4.98 Å². The number of aryl methyl sites for hydroxylation is 1. The van der Waals surface area contributed by atoms with Crippen LogP contribution >= 0.6 is 0 Å². The first-order valence-corrected chi connectivity index (χ1v) is 7.59. The third kappa shape index (κ3) is 4.07. The summed E-state index contributed by atoms with van der Waals surface area (Å²) in [6.07, 6.45) is 3.94. The number of oxazole rings is 1. The van der Waals surface area contributed by atoms with Gasteiger partial charge < -0.3 is 9.32 Å². The molecule has 23 heavy (non-hydrogen) atoms. The van der Waals surface area contributed by atoms with Crippen LogP contribution in [0.1, 0.15) is 17.7 Å². The van der Waals surface area contributed by atoms with Crippen LogP contribution in [-0.2, 0) is 17.8 Å². The van der Waals surface area contributed by atoms with Gasteiger partial charge in [-0.2, -0.15) is 0 Å². The summed E-state index contributed by atoms with van der Waals surface area (Å²) >= 11 is 0. The van der Waals surface area contributed by atoms with Gasteiger partial charge in [0.15, 0.2) is 6.39 Å². The molecule has 3 rings (SSSR count). The predicted octanol–water partition coefficient (Wildman–Crippen LogP) is 3.84. The van der Waals surface area contributed by atoms with Gasteiger partial charge in [0.1, 0.15) is 6.26 Å². The number of nitrogens with zero attached hydrogens (tertiary/aromatic N) is 2. The lowest BCUT2D eigenvalue weighted by Gasteiger charge is -2.23. The second kappa shape index (κ2) is 7.40. The number of hydrogen-bond acceptors (Lipinski definition) is 3. The molecule has 0 unspecified atom stereocenters. The second-order valence-corrected chi connectivity index (χ2v) is 5.28. The van der Waals surface area contributed by atoms with E-state index in [1.807, 2.05) is 65.6 Å². The summed E-state index contributed by atoms with van der Waals surface area (Å²) in [4.78, 5) is 18.6. The number of hydrogen-bond donors (Lipinski definition) is 0. The fourth-order valence-corrected chi connectivity index (χ4v) is 2.43.